The van der Waals surface area contributed by atoms with E-state index >= 15 is 0 Å². The zero-order chi connectivity index (χ0) is 26.4. The largest absolute Gasteiger partial charge is 0.497 e. The van der Waals surface area contributed by atoms with Gasteiger partial charge < -0.3 is 19.5 Å². The zero-order valence-electron chi connectivity index (χ0n) is 21.3. The predicted octanol–water partition coefficient (Wildman–Crippen LogP) is 2.71. The first-order chi connectivity index (χ1) is 17.8. The van der Waals surface area contributed by atoms with Crippen LogP contribution in [0.25, 0.3) is 0 Å². The SMILES string of the molecule is COCCc1nn(Cc2cccc(OC)c2)cc1C(=O)Nc1ccc(C)c(S(=O)(=O)N2CCOCC2)c1. The lowest BCUT2D eigenvalue weighted by atomic mass is 10.1. The fourth-order valence-corrected chi connectivity index (χ4v) is 5.81. The van der Waals surface area contributed by atoms with Gasteiger partial charge in [0.2, 0.25) is 10.0 Å². The standard InChI is InChI=1S/C26H32N4O6S/c1-19-7-8-21(16-25(19)37(32,33)30-10-13-36-14-11-30)27-26(31)23-18-29(28-24(23)9-12-34-2)17-20-5-4-6-22(15-20)35-3/h4-8,15-16,18H,9-14,17H2,1-3H3,(H,27,31). The van der Waals surface area contributed by atoms with Gasteiger partial charge in [0.1, 0.15) is 5.75 Å². The summed E-state index contributed by atoms with van der Waals surface area (Å²) in [5.41, 5.74) is 2.97. The smallest absolute Gasteiger partial charge is 0.259 e. The third-order valence-corrected chi connectivity index (χ3v) is 8.18. The van der Waals surface area contributed by atoms with E-state index in [0.29, 0.717) is 68.4 Å². The Bertz CT molecular complexity index is 1350. The summed E-state index contributed by atoms with van der Waals surface area (Å²) in [5.74, 6) is 0.367. The van der Waals surface area contributed by atoms with Gasteiger partial charge in [0, 0.05) is 38.5 Å². The first-order valence-electron chi connectivity index (χ1n) is 12.0. The number of amides is 1. The molecule has 198 valence electrons. The molecule has 0 atom stereocenters. The van der Waals surface area contributed by atoms with E-state index in [0.717, 1.165) is 11.3 Å². The molecule has 0 aliphatic carbocycles. The molecular weight excluding hydrogens is 496 g/mol. The molecule has 1 aliphatic rings. The maximum absolute atomic E-state index is 13.3. The van der Waals surface area contributed by atoms with Crippen molar-refractivity contribution >= 4 is 21.6 Å². The van der Waals surface area contributed by atoms with Gasteiger partial charge in [-0.3, -0.25) is 9.48 Å². The topological polar surface area (TPSA) is 112 Å². The average molecular weight is 529 g/mol. The second-order valence-electron chi connectivity index (χ2n) is 8.73. The Morgan fingerprint density at radius 2 is 1.92 bits per heavy atom. The van der Waals surface area contributed by atoms with E-state index in [1.54, 1.807) is 44.2 Å². The molecule has 0 saturated carbocycles. The molecule has 1 amide bonds. The number of aromatic nitrogens is 2. The number of methoxy groups -OCH3 is 2. The number of carbonyl (C=O) groups is 1. The van der Waals surface area contributed by atoms with E-state index in [9.17, 15) is 13.2 Å². The van der Waals surface area contributed by atoms with Gasteiger partial charge in [-0.1, -0.05) is 18.2 Å². The van der Waals surface area contributed by atoms with Crippen molar-refractivity contribution in [2.24, 2.45) is 0 Å². The number of nitrogens with one attached hydrogen (secondary N) is 1. The van der Waals surface area contributed by atoms with Gasteiger partial charge >= 0.3 is 0 Å². The molecule has 1 aliphatic heterocycles. The molecule has 3 aromatic rings. The molecular formula is C26H32N4O6S. The summed E-state index contributed by atoms with van der Waals surface area (Å²) in [6, 6.07) is 12.5. The van der Waals surface area contributed by atoms with Crippen LogP contribution in [0.2, 0.25) is 0 Å². The van der Waals surface area contributed by atoms with Gasteiger partial charge in [0.15, 0.2) is 0 Å². The van der Waals surface area contributed by atoms with E-state index in [1.807, 2.05) is 24.3 Å². The number of rotatable bonds is 10. The number of carbonyl (C=O) groups excluding carboxylic acids is 1. The number of morpholine rings is 1. The molecule has 2 aromatic carbocycles. The van der Waals surface area contributed by atoms with Crippen molar-refractivity contribution in [1.29, 1.82) is 0 Å². The molecule has 10 nitrogen and oxygen atoms in total. The lowest BCUT2D eigenvalue weighted by molar-refractivity contribution is 0.0730. The number of hydrogen-bond acceptors (Lipinski definition) is 7. The molecule has 1 fully saturated rings. The van der Waals surface area contributed by atoms with E-state index in [-0.39, 0.29) is 10.8 Å². The first kappa shape index (κ1) is 26.8. The molecule has 1 aromatic heterocycles. The summed E-state index contributed by atoms with van der Waals surface area (Å²) in [7, 11) is -0.508. The second kappa shape index (κ2) is 11.9. The highest BCUT2D eigenvalue weighted by Gasteiger charge is 2.28. The quantitative estimate of drug-likeness (QED) is 0.431. The molecule has 0 bridgehead atoms. The van der Waals surface area contributed by atoms with Crippen molar-refractivity contribution in [1.82, 2.24) is 14.1 Å². The van der Waals surface area contributed by atoms with Crippen molar-refractivity contribution in [2.75, 3.05) is 52.4 Å². The Kier molecular flexibility index (Phi) is 8.59. The van der Waals surface area contributed by atoms with Crippen LogP contribution in [0.5, 0.6) is 5.75 Å². The molecule has 0 unspecified atom stereocenters. The van der Waals surface area contributed by atoms with Gasteiger partial charge in [0.05, 0.1) is 49.6 Å². The van der Waals surface area contributed by atoms with Crippen LogP contribution in [0.1, 0.15) is 27.2 Å². The Morgan fingerprint density at radius 3 is 2.65 bits per heavy atom. The third-order valence-electron chi connectivity index (χ3n) is 6.14. The summed E-state index contributed by atoms with van der Waals surface area (Å²) in [6.45, 7) is 3.92. The molecule has 37 heavy (non-hydrogen) atoms. The minimum absolute atomic E-state index is 0.167. The van der Waals surface area contributed by atoms with Gasteiger partial charge in [-0.2, -0.15) is 9.40 Å². The Balaban J connectivity index is 1.57. The highest BCUT2D eigenvalue weighted by atomic mass is 32.2. The van der Waals surface area contributed by atoms with E-state index < -0.39 is 10.0 Å². The Labute approximate surface area is 217 Å². The van der Waals surface area contributed by atoms with Crippen LogP contribution in [0.4, 0.5) is 5.69 Å². The number of hydrogen-bond donors (Lipinski definition) is 1. The predicted molar refractivity (Wildman–Crippen MR) is 139 cm³/mol. The molecule has 4 rings (SSSR count). The highest BCUT2D eigenvalue weighted by molar-refractivity contribution is 7.89. The fourth-order valence-electron chi connectivity index (χ4n) is 4.15. The molecule has 11 heteroatoms. The minimum Gasteiger partial charge on any atom is -0.497 e. The molecule has 2 heterocycles. The van der Waals surface area contributed by atoms with Gasteiger partial charge in [0.25, 0.3) is 5.91 Å². The number of benzene rings is 2. The zero-order valence-corrected chi connectivity index (χ0v) is 22.1. The third kappa shape index (κ3) is 6.37. The van der Waals surface area contributed by atoms with Crippen molar-refractivity contribution in [3.63, 3.8) is 0 Å². The molecule has 0 spiro atoms. The van der Waals surface area contributed by atoms with Crippen molar-refractivity contribution < 1.29 is 27.4 Å². The highest BCUT2D eigenvalue weighted by Crippen LogP contribution is 2.25. The molecule has 1 N–H and O–H groups in total. The second-order valence-corrected chi connectivity index (χ2v) is 10.6. The molecule has 1 saturated heterocycles. The lowest BCUT2D eigenvalue weighted by Crippen LogP contribution is -2.40. The van der Waals surface area contributed by atoms with Crippen molar-refractivity contribution in [3.8, 4) is 5.75 Å². The summed E-state index contributed by atoms with van der Waals surface area (Å²) in [5, 5.41) is 7.47. The minimum atomic E-state index is -3.71. The summed E-state index contributed by atoms with van der Waals surface area (Å²) in [4.78, 5) is 13.5. The van der Waals surface area contributed by atoms with Crippen LogP contribution >= 0.6 is 0 Å². The van der Waals surface area contributed by atoms with Crippen molar-refractivity contribution in [3.05, 3.63) is 71.0 Å². The van der Waals surface area contributed by atoms with Gasteiger partial charge in [-0.25, -0.2) is 8.42 Å². The lowest BCUT2D eigenvalue weighted by Gasteiger charge is -2.26. The van der Waals surface area contributed by atoms with Gasteiger partial charge in [-0.05, 0) is 42.3 Å². The van der Waals surface area contributed by atoms with Crippen LogP contribution < -0.4 is 10.1 Å². The Hall–Kier alpha value is -3.25. The normalized spacial score (nSPS) is 14.5. The van der Waals surface area contributed by atoms with Crippen LogP contribution in [-0.4, -0.2) is 75.5 Å². The number of sulfonamides is 1. The van der Waals surface area contributed by atoms with E-state index in [1.165, 1.54) is 10.4 Å². The van der Waals surface area contributed by atoms with E-state index in [2.05, 4.69) is 10.4 Å². The summed E-state index contributed by atoms with van der Waals surface area (Å²) in [6.07, 6.45) is 2.15. The van der Waals surface area contributed by atoms with Gasteiger partial charge in [-0.15, -0.1) is 0 Å². The average Bonchev–Trinajstić information content (AvgIpc) is 3.31. The van der Waals surface area contributed by atoms with Crippen molar-refractivity contribution in [2.45, 2.75) is 24.8 Å². The molecule has 0 radical (unpaired) electrons. The first-order valence-corrected chi connectivity index (χ1v) is 13.4. The van der Waals surface area contributed by atoms with Crippen LogP contribution in [0.3, 0.4) is 0 Å². The maximum Gasteiger partial charge on any atom is 0.259 e. The maximum atomic E-state index is 13.3. The Morgan fingerprint density at radius 1 is 1.14 bits per heavy atom. The van der Waals surface area contributed by atoms with Crippen LogP contribution in [0, 0.1) is 6.92 Å². The fraction of sp³-hybridized carbons (Fsp3) is 0.385. The number of aryl methyl sites for hydroxylation is 1. The number of anilines is 1. The summed E-state index contributed by atoms with van der Waals surface area (Å²) < 4.78 is 45.4. The number of nitrogens with zero attached hydrogens (tertiary/aromatic N) is 3. The number of ether oxygens (including phenoxy) is 3. The van der Waals surface area contributed by atoms with Crippen LogP contribution in [0.15, 0.2) is 53.6 Å². The summed E-state index contributed by atoms with van der Waals surface area (Å²) >= 11 is 0. The monoisotopic (exact) mass is 528 g/mol. The van der Waals surface area contributed by atoms with E-state index in [4.69, 9.17) is 14.2 Å². The van der Waals surface area contributed by atoms with Crippen LogP contribution in [-0.2, 0) is 32.5 Å².